The van der Waals surface area contributed by atoms with Gasteiger partial charge in [0.15, 0.2) is 5.69 Å². The molecule has 0 aromatic carbocycles. The average molecular weight is 262 g/mol. The number of H-pyrrole nitrogens is 1. The molecule has 0 saturated heterocycles. The number of rotatable bonds is 4. The molecule has 0 fully saturated rings. The van der Waals surface area contributed by atoms with Crippen LogP contribution in [0.15, 0.2) is 18.5 Å². The first-order valence-corrected chi connectivity index (χ1v) is 5.51. The lowest BCUT2D eigenvalue weighted by Gasteiger charge is -2.18. The smallest absolute Gasteiger partial charge is 0.278 e. The van der Waals surface area contributed by atoms with Gasteiger partial charge in [-0.3, -0.25) is 4.79 Å². The number of carbonyl (C=O) groups is 1. The standard InChI is InChI=1S/C11H14N6O2/c1-17(2)8-4-5-12-11(19-3)9(8)14-10(18)7-6-13-16-15-7/h4-6H,1-3H3,(H,14,18)(H,13,15,16). The van der Waals surface area contributed by atoms with E-state index in [0.29, 0.717) is 11.6 Å². The Bertz CT molecular complexity index is 567. The van der Waals surface area contributed by atoms with E-state index in [1.54, 1.807) is 12.3 Å². The summed E-state index contributed by atoms with van der Waals surface area (Å²) in [6, 6.07) is 1.78. The van der Waals surface area contributed by atoms with E-state index in [-0.39, 0.29) is 11.6 Å². The van der Waals surface area contributed by atoms with E-state index in [4.69, 9.17) is 4.74 Å². The molecule has 0 bridgehead atoms. The van der Waals surface area contributed by atoms with Gasteiger partial charge in [0.25, 0.3) is 5.91 Å². The molecule has 19 heavy (non-hydrogen) atoms. The van der Waals surface area contributed by atoms with Crippen molar-refractivity contribution in [3.05, 3.63) is 24.2 Å². The fraction of sp³-hybridized carbons (Fsp3) is 0.273. The van der Waals surface area contributed by atoms with Gasteiger partial charge in [-0.1, -0.05) is 0 Å². The van der Waals surface area contributed by atoms with Gasteiger partial charge < -0.3 is 15.0 Å². The van der Waals surface area contributed by atoms with Crippen LogP contribution in [0.2, 0.25) is 0 Å². The Hall–Kier alpha value is -2.64. The summed E-state index contributed by atoms with van der Waals surface area (Å²) in [5.41, 5.74) is 1.46. The highest BCUT2D eigenvalue weighted by atomic mass is 16.5. The van der Waals surface area contributed by atoms with E-state index < -0.39 is 0 Å². The second-order valence-electron chi connectivity index (χ2n) is 3.92. The fourth-order valence-electron chi connectivity index (χ4n) is 1.57. The van der Waals surface area contributed by atoms with Crippen molar-refractivity contribution in [1.29, 1.82) is 0 Å². The van der Waals surface area contributed by atoms with Gasteiger partial charge >= 0.3 is 0 Å². The lowest BCUT2D eigenvalue weighted by molar-refractivity contribution is 0.102. The molecule has 2 aromatic heterocycles. The van der Waals surface area contributed by atoms with E-state index in [2.05, 4.69) is 25.7 Å². The lowest BCUT2D eigenvalue weighted by atomic mass is 10.3. The third-order valence-corrected chi connectivity index (χ3v) is 2.46. The van der Waals surface area contributed by atoms with Crippen LogP contribution < -0.4 is 15.0 Å². The predicted octanol–water partition coefficient (Wildman–Crippen LogP) is 0.527. The van der Waals surface area contributed by atoms with Crippen LogP contribution in [0.4, 0.5) is 11.4 Å². The molecule has 0 unspecified atom stereocenters. The SMILES string of the molecule is COc1nccc(N(C)C)c1NC(=O)c1cn[nH]n1. The molecule has 8 heteroatoms. The normalized spacial score (nSPS) is 10.1. The van der Waals surface area contributed by atoms with E-state index >= 15 is 0 Å². The molecular weight excluding hydrogens is 248 g/mol. The maximum Gasteiger partial charge on any atom is 0.278 e. The number of ether oxygens (including phenoxy) is 1. The Morgan fingerprint density at radius 3 is 2.84 bits per heavy atom. The quantitative estimate of drug-likeness (QED) is 0.834. The number of pyridine rings is 1. The fourth-order valence-corrected chi connectivity index (χ4v) is 1.57. The molecule has 0 saturated carbocycles. The molecule has 0 radical (unpaired) electrons. The van der Waals surface area contributed by atoms with Crippen molar-refractivity contribution >= 4 is 17.3 Å². The van der Waals surface area contributed by atoms with Gasteiger partial charge in [0.05, 0.1) is 19.0 Å². The number of anilines is 2. The highest BCUT2D eigenvalue weighted by Gasteiger charge is 2.17. The molecule has 0 aliphatic carbocycles. The summed E-state index contributed by atoms with van der Waals surface area (Å²) in [5.74, 6) is -0.0498. The number of aromatic amines is 1. The van der Waals surface area contributed by atoms with Crippen LogP contribution in [0.3, 0.4) is 0 Å². The van der Waals surface area contributed by atoms with Gasteiger partial charge in [-0.15, -0.1) is 0 Å². The minimum absolute atomic E-state index is 0.190. The Labute approximate surface area is 109 Å². The van der Waals surface area contributed by atoms with Gasteiger partial charge in [-0.25, -0.2) is 4.98 Å². The van der Waals surface area contributed by atoms with Crippen molar-refractivity contribution in [2.24, 2.45) is 0 Å². The van der Waals surface area contributed by atoms with Gasteiger partial charge in [-0.05, 0) is 6.07 Å². The molecule has 8 nitrogen and oxygen atoms in total. The summed E-state index contributed by atoms with van der Waals surface area (Å²) in [7, 11) is 5.22. The molecule has 0 aliphatic rings. The molecule has 2 N–H and O–H groups in total. The zero-order valence-electron chi connectivity index (χ0n) is 10.8. The zero-order valence-corrected chi connectivity index (χ0v) is 10.8. The van der Waals surface area contributed by atoms with E-state index in [1.165, 1.54) is 13.3 Å². The maximum atomic E-state index is 12.0. The highest BCUT2D eigenvalue weighted by molar-refractivity contribution is 6.05. The van der Waals surface area contributed by atoms with Gasteiger partial charge in [0.1, 0.15) is 5.69 Å². The molecule has 0 spiro atoms. The second kappa shape index (κ2) is 5.34. The van der Waals surface area contributed by atoms with E-state index in [0.717, 1.165) is 5.69 Å². The number of nitrogens with zero attached hydrogens (tertiary/aromatic N) is 4. The number of carbonyl (C=O) groups excluding carboxylic acids is 1. The first-order valence-electron chi connectivity index (χ1n) is 5.51. The Morgan fingerprint density at radius 1 is 1.47 bits per heavy atom. The minimum Gasteiger partial charge on any atom is -0.479 e. The van der Waals surface area contributed by atoms with Crippen LogP contribution in [0.25, 0.3) is 0 Å². The third-order valence-electron chi connectivity index (χ3n) is 2.46. The average Bonchev–Trinajstić information content (AvgIpc) is 2.92. The Kier molecular flexibility index (Phi) is 3.60. The number of nitrogens with one attached hydrogen (secondary N) is 2. The first kappa shape index (κ1) is 12.8. The minimum atomic E-state index is -0.386. The second-order valence-corrected chi connectivity index (χ2v) is 3.92. The number of amides is 1. The molecule has 0 atom stereocenters. The van der Waals surface area contributed by atoms with Crippen molar-refractivity contribution in [3.8, 4) is 5.88 Å². The topological polar surface area (TPSA) is 96.0 Å². The van der Waals surface area contributed by atoms with Crippen molar-refractivity contribution < 1.29 is 9.53 Å². The summed E-state index contributed by atoms with van der Waals surface area (Å²) >= 11 is 0. The highest BCUT2D eigenvalue weighted by Crippen LogP contribution is 2.32. The van der Waals surface area contributed by atoms with Gasteiger partial charge in [-0.2, -0.15) is 15.4 Å². The van der Waals surface area contributed by atoms with Crippen molar-refractivity contribution in [3.63, 3.8) is 0 Å². The lowest BCUT2D eigenvalue weighted by Crippen LogP contribution is -2.18. The third kappa shape index (κ3) is 2.62. The number of hydrogen-bond donors (Lipinski definition) is 2. The summed E-state index contributed by atoms with van der Waals surface area (Å²) in [5, 5.41) is 12.4. The largest absolute Gasteiger partial charge is 0.479 e. The molecular formula is C11H14N6O2. The molecule has 1 amide bonds. The first-order chi connectivity index (χ1) is 9.13. The van der Waals surface area contributed by atoms with Crippen LogP contribution in [-0.2, 0) is 0 Å². The predicted molar refractivity (Wildman–Crippen MR) is 69.5 cm³/mol. The van der Waals surface area contributed by atoms with Crippen molar-refractivity contribution in [2.45, 2.75) is 0 Å². The molecule has 2 aromatic rings. The number of hydrogen-bond acceptors (Lipinski definition) is 6. The summed E-state index contributed by atoms with van der Waals surface area (Å²) < 4.78 is 5.16. The Morgan fingerprint density at radius 2 is 2.26 bits per heavy atom. The summed E-state index contributed by atoms with van der Waals surface area (Å²) in [6.45, 7) is 0. The summed E-state index contributed by atoms with van der Waals surface area (Å²) in [6.07, 6.45) is 2.95. The van der Waals surface area contributed by atoms with E-state index in [1.807, 2.05) is 19.0 Å². The van der Waals surface area contributed by atoms with Crippen LogP contribution >= 0.6 is 0 Å². The van der Waals surface area contributed by atoms with Crippen LogP contribution in [0.1, 0.15) is 10.5 Å². The van der Waals surface area contributed by atoms with Gasteiger partial charge in [0, 0.05) is 20.3 Å². The number of methoxy groups -OCH3 is 1. The summed E-state index contributed by atoms with van der Waals surface area (Å²) in [4.78, 5) is 17.9. The number of aromatic nitrogens is 4. The molecule has 2 rings (SSSR count). The van der Waals surface area contributed by atoms with Crippen molar-refractivity contribution in [1.82, 2.24) is 20.4 Å². The molecule has 100 valence electrons. The molecule has 0 aliphatic heterocycles. The Balaban J connectivity index is 2.35. The monoisotopic (exact) mass is 262 g/mol. The molecule has 2 heterocycles. The van der Waals surface area contributed by atoms with Crippen LogP contribution in [-0.4, -0.2) is 47.5 Å². The maximum absolute atomic E-state index is 12.0. The van der Waals surface area contributed by atoms with Gasteiger partial charge in [0.2, 0.25) is 5.88 Å². The van der Waals surface area contributed by atoms with Crippen LogP contribution in [0.5, 0.6) is 5.88 Å². The van der Waals surface area contributed by atoms with Crippen molar-refractivity contribution in [2.75, 3.05) is 31.4 Å². The van der Waals surface area contributed by atoms with Crippen LogP contribution in [0, 0.1) is 0 Å². The zero-order chi connectivity index (χ0) is 13.8. The van der Waals surface area contributed by atoms with E-state index in [9.17, 15) is 4.79 Å².